The maximum Gasteiger partial charge on any atom is 0.272 e. The van der Waals surface area contributed by atoms with Crippen molar-refractivity contribution in [2.45, 2.75) is 19.0 Å². The molecule has 1 amide bonds. The van der Waals surface area contributed by atoms with Crippen LogP contribution in [-0.2, 0) is 16.4 Å². The number of pyridine rings is 1. The molecule has 144 valence electrons. The molecule has 1 atom stereocenters. The van der Waals surface area contributed by atoms with Gasteiger partial charge in [-0.1, -0.05) is 12.1 Å². The average molecular weight is 389 g/mol. The minimum absolute atomic E-state index is 0.0185. The van der Waals surface area contributed by atoms with Crippen molar-refractivity contribution in [2.24, 2.45) is 0 Å². The Morgan fingerprint density at radius 2 is 2.04 bits per heavy atom. The van der Waals surface area contributed by atoms with Crippen LogP contribution in [0.2, 0.25) is 0 Å². The molecule has 27 heavy (non-hydrogen) atoms. The summed E-state index contributed by atoms with van der Waals surface area (Å²) in [4.78, 5) is 18.3. The van der Waals surface area contributed by atoms with Gasteiger partial charge in [0.05, 0.1) is 18.6 Å². The summed E-state index contributed by atoms with van der Waals surface area (Å²) in [5.74, 6) is 0.675. The number of nitrogens with one attached hydrogen (secondary N) is 1. The fourth-order valence-electron chi connectivity index (χ4n) is 3.03. The van der Waals surface area contributed by atoms with Gasteiger partial charge < -0.3 is 15.0 Å². The van der Waals surface area contributed by atoms with Gasteiger partial charge in [0.1, 0.15) is 11.4 Å². The highest BCUT2D eigenvalue weighted by Crippen LogP contribution is 2.19. The van der Waals surface area contributed by atoms with Crippen molar-refractivity contribution in [1.29, 1.82) is 0 Å². The van der Waals surface area contributed by atoms with E-state index in [-0.39, 0.29) is 23.5 Å². The second-order valence-electron chi connectivity index (χ2n) is 6.60. The summed E-state index contributed by atoms with van der Waals surface area (Å²) in [6, 6.07) is 10.9. The summed E-state index contributed by atoms with van der Waals surface area (Å²) >= 11 is 0. The van der Waals surface area contributed by atoms with E-state index >= 15 is 0 Å². The first-order valence-corrected chi connectivity index (χ1v) is 10.5. The van der Waals surface area contributed by atoms with Gasteiger partial charge in [-0.2, -0.15) is 0 Å². The zero-order valence-electron chi connectivity index (χ0n) is 15.4. The predicted octanol–water partition coefficient (Wildman–Crippen LogP) is 1.96. The molecule has 7 nitrogen and oxygen atoms in total. The fourth-order valence-corrected chi connectivity index (χ4v) is 4.81. The molecule has 2 heterocycles. The molecule has 1 aliphatic rings. The van der Waals surface area contributed by atoms with E-state index in [1.54, 1.807) is 32.5 Å². The van der Waals surface area contributed by atoms with Crippen molar-refractivity contribution >= 4 is 21.4 Å². The number of amides is 1. The smallest absolute Gasteiger partial charge is 0.272 e. The minimum Gasteiger partial charge on any atom is -0.497 e. The number of methoxy groups -OCH3 is 1. The first kappa shape index (κ1) is 19.2. The largest absolute Gasteiger partial charge is 0.497 e. The number of nitrogens with zero attached hydrogens (tertiary/aromatic N) is 2. The Balaban J connectivity index is 1.64. The van der Waals surface area contributed by atoms with Crippen molar-refractivity contribution in [3.05, 3.63) is 53.9 Å². The monoisotopic (exact) mass is 389 g/mol. The molecule has 1 unspecified atom stereocenters. The van der Waals surface area contributed by atoms with Crippen molar-refractivity contribution < 1.29 is 17.9 Å². The van der Waals surface area contributed by atoms with Crippen molar-refractivity contribution in [3.8, 4) is 5.75 Å². The third-order valence-electron chi connectivity index (χ3n) is 4.71. The van der Waals surface area contributed by atoms with E-state index < -0.39 is 9.84 Å². The Hall–Kier alpha value is -2.61. The molecule has 1 N–H and O–H groups in total. The molecule has 1 aromatic heterocycles. The van der Waals surface area contributed by atoms with E-state index in [1.807, 2.05) is 24.3 Å². The van der Waals surface area contributed by atoms with Crippen LogP contribution in [0, 0.1) is 0 Å². The van der Waals surface area contributed by atoms with Gasteiger partial charge in [-0.05, 0) is 36.2 Å². The van der Waals surface area contributed by atoms with Gasteiger partial charge in [-0.15, -0.1) is 0 Å². The lowest BCUT2D eigenvalue weighted by Crippen LogP contribution is -2.38. The molecule has 8 heteroatoms. The highest BCUT2D eigenvalue weighted by Gasteiger charge is 2.33. The van der Waals surface area contributed by atoms with Crippen LogP contribution in [-0.4, -0.2) is 55.9 Å². The zero-order valence-corrected chi connectivity index (χ0v) is 16.2. The normalized spacial score (nSPS) is 18.1. The molecule has 0 bridgehead atoms. The molecular weight excluding hydrogens is 366 g/mol. The standard InChI is InChI=1S/C19H23N3O4S/c1-22(16-8-10-27(24,25)13-16)19(23)18-11-15(7-9-20-18)21-12-14-3-5-17(26-2)6-4-14/h3-7,9,11,16H,8,10,12-13H2,1-2H3,(H,20,21). The molecule has 0 saturated carbocycles. The number of carbonyl (C=O) groups excluding carboxylic acids is 1. The lowest BCUT2D eigenvalue weighted by molar-refractivity contribution is 0.0742. The molecule has 3 rings (SSSR count). The second kappa shape index (κ2) is 7.96. The zero-order chi connectivity index (χ0) is 19.4. The van der Waals surface area contributed by atoms with Crippen LogP contribution in [0.3, 0.4) is 0 Å². The van der Waals surface area contributed by atoms with E-state index in [0.29, 0.717) is 18.7 Å². The van der Waals surface area contributed by atoms with Gasteiger partial charge in [-0.25, -0.2) is 8.42 Å². The molecule has 1 fully saturated rings. The van der Waals surface area contributed by atoms with Gasteiger partial charge in [-0.3, -0.25) is 9.78 Å². The number of aromatic nitrogens is 1. The van der Waals surface area contributed by atoms with Crippen LogP contribution in [0.4, 0.5) is 5.69 Å². The van der Waals surface area contributed by atoms with Crippen LogP contribution in [0.1, 0.15) is 22.5 Å². The number of hydrogen-bond donors (Lipinski definition) is 1. The van der Waals surface area contributed by atoms with E-state index in [1.165, 1.54) is 4.90 Å². The van der Waals surface area contributed by atoms with Gasteiger partial charge >= 0.3 is 0 Å². The van der Waals surface area contributed by atoms with Crippen molar-refractivity contribution in [3.63, 3.8) is 0 Å². The highest BCUT2D eigenvalue weighted by atomic mass is 32.2. The Morgan fingerprint density at radius 3 is 2.67 bits per heavy atom. The first-order valence-electron chi connectivity index (χ1n) is 8.68. The molecule has 1 aliphatic heterocycles. The quantitative estimate of drug-likeness (QED) is 0.813. The summed E-state index contributed by atoms with van der Waals surface area (Å²) in [7, 11) is 0.213. The molecule has 2 aromatic rings. The second-order valence-corrected chi connectivity index (χ2v) is 8.83. The van der Waals surface area contributed by atoms with Crippen molar-refractivity contribution in [2.75, 3.05) is 31.0 Å². The van der Waals surface area contributed by atoms with Gasteiger partial charge in [0.2, 0.25) is 0 Å². The van der Waals surface area contributed by atoms with Gasteiger partial charge in [0.25, 0.3) is 5.91 Å². The molecule has 1 saturated heterocycles. The Bertz CT molecular complexity index is 913. The van der Waals surface area contributed by atoms with E-state index in [4.69, 9.17) is 4.74 Å². The minimum atomic E-state index is -3.04. The number of carbonyl (C=O) groups is 1. The topological polar surface area (TPSA) is 88.6 Å². The molecule has 1 aromatic carbocycles. The van der Waals surface area contributed by atoms with Gasteiger partial charge in [0.15, 0.2) is 9.84 Å². The number of sulfone groups is 1. The van der Waals surface area contributed by atoms with E-state index in [9.17, 15) is 13.2 Å². The van der Waals surface area contributed by atoms with E-state index in [0.717, 1.165) is 17.0 Å². The molecular formula is C19H23N3O4S. The number of rotatable bonds is 6. The van der Waals surface area contributed by atoms with Gasteiger partial charge in [0, 0.05) is 31.5 Å². The Kier molecular flexibility index (Phi) is 5.65. The van der Waals surface area contributed by atoms with Crippen LogP contribution < -0.4 is 10.1 Å². The average Bonchev–Trinajstić information content (AvgIpc) is 3.05. The van der Waals surface area contributed by atoms with Crippen LogP contribution in [0.25, 0.3) is 0 Å². The SMILES string of the molecule is COc1ccc(CNc2ccnc(C(=O)N(C)C3CCS(=O)(=O)C3)c2)cc1. The summed E-state index contributed by atoms with van der Waals surface area (Å²) in [5.41, 5.74) is 2.15. The lowest BCUT2D eigenvalue weighted by Gasteiger charge is -2.23. The summed E-state index contributed by atoms with van der Waals surface area (Å²) < 4.78 is 28.4. The van der Waals surface area contributed by atoms with Crippen molar-refractivity contribution in [1.82, 2.24) is 9.88 Å². The Morgan fingerprint density at radius 1 is 1.30 bits per heavy atom. The number of ether oxygens (including phenoxy) is 1. The number of benzene rings is 1. The lowest BCUT2D eigenvalue weighted by atomic mass is 10.2. The molecule has 0 radical (unpaired) electrons. The summed E-state index contributed by atoms with van der Waals surface area (Å²) in [6.07, 6.45) is 2.04. The fraction of sp³-hybridized carbons (Fsp3) is 0.368. The maximum atomic E-state index is 12.7. The highest BCUT2D eigenvalue weighted by molar-refractivity contribution is 7.91. The maximum absolute atomic E-state index is 12.7. The van der Waals surface area contributed by atoms with Crippen LogP contribution >= 0.6 is 0 Å². The number of hydrogen-bond acceptors (Lipinski definition) is 6. The third-order valence-corrected chi connectivity index (χ3v) is 6.46. The van der Waals surface area contributed by atoms with Crippen LogP contribution in [0.15, 0.2) is 42.6 Å². The Labute approximate surface area is 159 Å². The van der Waals surface area contributed by atoms with E-state index in [2.05, 4.69) is 10.3 Å². The third kappa shape index (κ3) is 4.77. The van der Waals surface area contributed by atoms with Crippen LogP contribution in [0.5, 0.6) is 5.75 Å². The molecule has 0 spiro atoms. The summed E-state index contributed by atoms with van der Waals surface area (Å²) in [6.45, 7) is 0.596. The molecule has 0 aliphatic carbocycles. The first-order chi connectivity index (χ1) is 12.9. The predicted molar refractivity (Wildman–Crippen MR) is 104 cm³/mol. The summed E-state index contributed by atoms with van der Waals surface area (Å²) in [5, 5.41) is 3.27. The number of anilines is 1.